The molecule has 0 saturated heterocycles. The molecule has 0 bridgehead atoms. The number of fused-ring (bicyclic) bond motifs is 7. The zero-order valence-corrected chi connectivity index (χ0v) is 25.5. The summed E-state index contributed by atoms with van der Waals surface area (Å²) in [5.41, 5.74) is 13.0. The maximum atomic E-state index is 2.43. The number of hydrogen-bond donors (Lipinski definition) is 0. The Labute approximate surface area is 264 Å². The fraction of sp³-hybridized carbons (Fsp3) is 0.0667. The van der Waals surface area contributed by atoms with Crippen molar-refractivity contribution in [2.24, 2.45) is 0 Å². The van der Waals surface area contributed by atoms with Crippen molar-refractivity contribution in [1.29, 1.82) is 0 Å². The molecule has 9 rings (SSSR count). The first-order valence-electron chi connectivity index (χ1n) is 15.8. The van der Waals surface area contributed by atoms with Crippen LogP contribution >= 0.6 is 0 Å². The molecule has 0 radical (unpaired) electrons. The molecule has 8 aromatic rings. The Hall–Kier alpha value is -5.46. The lowest BCUT2D eigenvalue weighted by atomic mass is 9.81. The van der Waals surface area contributed by atoms with Gasteiger partial charge in [0.2, 0.25) is 0 Å². The van der Waals surface area contributed by atoms with Gasteiger partial charge >= 0.3 is 0 Å². The molecule has 0 nitrogen and oxygen atoms in total. The van der Waals surface area contributed by atoms with E-state index >= 15 is 0 Å². The number of hydrogen-bond acceptors (Lipinski definition) is 0. The smallest absolute Gasteiger partial charge is 0.0159 e. The van der Waals surface area contributed by atoms with E-state index in [1.807, 2.05) is 0 Å². The normalized spacial score (nSPS) is 13.3. The lowest BCUT2D eigenvalue weighted by Crippen LogP contribution is -2.15. The van der Waals surface area contributed by atoms with Gasteiger partial charge in [-0.3, -0.25) is 0 Å². The van der Waals surface area contributed by atoms with Crippen molar-refractivity contribution in [3.63, 3.8) is 0 Å². The maximum absolute atomic E-state index is 2.43. The van der Waals surface area contributed by atoms with E-state index in [9.17, 15) is 0 Å². The minimum Gasteiger partial charge on any atom is -0.0622 e. The second-order valence-corrected chi connectivity index (χ2v) is 13.0. The first-order valence-corrected chi connectivity index (χ1v) is 15.8. The molecule has 0 aromatic heterocycles. The third kappa shape index (κ3) is 4.06. The molecule has 0 N–H and O–H groups in total. The minimum absolute atomic E-state index is 0.0768. The summed E-state index contributed by atoms with van der Waals surface area (Å²) < 4.78 is 0. The largest absolute Gasteiger partial charge is 0.0622 e. The van der Waals surface area contributed by atoms with E-state index in [-0.39, 0.29) is 5.41 Å². The van der Waals surface area contributed by atoms with Crippen LogP contribution in [0.5, 0.6) is 0 Å². The van der Waals surface area contributed by atoms with Crippen LogP contribution in [-0.2, 0) is 5.41 Å². The average molecular weight is 573 g/mol. The van der Waals surface area contributed by atoms with E-state index in [4.69, 9.17) is 0 Å². The second-order valence-electron chi connectivity index (χ2n) is 13.0. The Kier molecular flexibility index (Phi) is 5.64. The van der Waals surface area contributed by atoms with Gasteiger partial charge in [-0.05, 0) is 118 Å². The Balaban J connectivity index is 1.14. The lowest BCUT2D eigenvalue weighted by molar-refractivity contribution is 0.661. The summed E-state index contributed by atoms with van der Waals surface area (Å²) in [6, 6.07) is 58.5. The van der Waals surface area contributed by atoms with Crippen LogP contribution < -0.4 is 0 Å². The first kappa shape index (κ1) is 26.0. The molecular formula is C45H32. The minimum atomic E-state index is -0.0768. The second kappa shape index (κ2) is 9.78. The van der Waals surface area contributed by atoms with Crippen molar-refractivity contribution < 1.29 is 0 Å². The van der Waals surface area contributed by atoms with Crippen molar-refractivity contribution in [3.05, 3.63) is 169 Å². The third-order valence-corrected chi connectivity index (χ3v) is 10.0. The highest BCUT2D eigenvalue weighted by molar-refractivity contribution is 6.14. The molecule has 0 fully saturated rings. The predicted octanol–water partition coefficient (Wildman–Crippen LogP) is 12.5. The van der Waals surface area contributed by atoms with Crippen molar-refractivity contribution in [1.82, 2.24) is 0 Å². The van der Waals surface area contributed by atoms with Crippen LogP contribution in [0, 0.1) is 0 Å². The van der Waals surface area contributed by atoms with Crippen molar-refractivity contribution >= 4 is 32.3 Å². The van der Waals surface area contributed by atoms with Crippen LogP contribution in [0.1, 0.15) is 25.0 Å². The van der Waals surface area contributed by atoms with Gasteiger partial charge in [0.25, 0.3) is 0 Å². The van der Waals surface area contributed by atoms with Gasteiger partial charge in [-0.2, -0.15) is 0 Å². The molecule has 8 aromatic carbocycles. The average Bonchev–Trinajstić information content (AvgIpc) is 3.32. The molecule has 1 aliphatic carbocycles. The van der Waals surface area contributed by atoms with Gasteiger partial charge in [0.05, 0.1) is 0 Å². The van der Waals surface area contributed by atoms with Gasteiger partial charge < -0.3 is 0 Å². The van der Waals surface area contributed by atoms with E-state index in [1.54, 1.807) is 0 Å². The fourth-order valence-corrected chi connectivity index (χ4v) is 7.61. The predicted molar refractivity (Wildman–Crippen MR) is 193 cm³/mol. The summed E-state index contributed by atoms with van der Waals surface area (Å²) in [7, 11) is 0. The number of benzene rings is 8. The summed E-state index contributed by atoms with van der Waals surface area (Å²) in [5.74, 6) is 0. The van der Waals surface area contributed by atoms with Crippen molar-refractivity contribution in [2.75, 3.05) is 0 Å². The topological polar surface area (TPSA) is 0 Å². The Bertz CT molecular complexity index is 2440. The van der Waals surface area contributed by atoms with Crippen LogP contribution in [0.2, 0.25) is 0 Å². The summed E-state index contributed by atoms with van der Waals surface area (Å²) in [5, 5.41) is 7.70. The SMILES string of the molecule is CC1(C)c2cc(-c3ccccc3)ccc2-c2ccc(-c3ccc4ccc(-c5cc6ccccc6c6ccccc56)cc4c3)cc21. The molecule has 0 unspecified atom stereocenters. The molecule has 0 atom stereocenters. The van der Waals surface area contributed by atoms with Gasteiger partial charge in [-0.15, -0.1) is 0 Å². The molecule has 0 heteroatoms. The molecule has 0 spiro atoms. The zero-order chi connectivity index (χ0) is 30.1. The summed E-state index contributed by atoms with van der Waals surface area (Å²) >= 11 is 0. The van der Waals surface area contributed by atoms with Crippen LogP contribution in [0.3, 0.4) is 0 Å². The Morgan fingerprint density at radius 3 is 1.58 bits per heavy atom. The zero-order valence-electron chi connectivity index (χ0n) is 25.5. The molecule has 212 valence electrons. The maximum Gasteiger partial charge on any atom is 0.0159 e. The van der Waals surface area contributed by atoms with Gasteiger partial charge in [0.15, 0.2) is 0 Å². The van der Waals surface area contributed by atoms with Gasteiger partial charge in [0.1, 0.15) is 0 Å². The van der Waals surface area contributed by atoms with E-state index in [2.05, 4.69) is 172 Å². The van der Waals surface area contributed by atoms with E-state index in [1.165, 1.54) is 88.0 Å². The molecule has 0 saturated carbocycles. The monoisotopic (exact) mass is 572 g/mol. The highest BCUT2D eigenvalue weighted by atomic mass is 14.4. The molecule has 1 aliphatic rings. The summed E-state index contributed by atoms with van der Waals surface area (Å²) in [6.07, 6.45) is 0. The van der Waals surface area contributed by atoms with Crippen molar-refractivity contribution in [2.45, 2.75) is 19.3 Å². The van der Waals surface area contributed by atoms with Crippen LogP contribution in [0.4, 0.5) is 0 Å². The molecule has 0 amide bonds. The van der Waals surface area contributed by atoms with E-state index < -0.39 is 0 Å². The standard InChI is InChI=1S/C45H32/c1-45(2)43-27-32(29-10-4-3-5-11-29)20-22-40(43)41-23-21-33(28-44(41)45)31-18-16-30-17-19-35(25-36(30)24-31)42-26-34-12-6-7-13-37(34)38-14-8-9-15-39(38)42/h3-28H,1-2H3. The van der Waals surface area contributed by atoms with E-state index in [0.717, 1.165) is 0 Å². The Morgan fingerprint density at radius 2 is 0.844 bits per heavy atom. The first-order chi connectivity index (χ1) is 22.0. The fourth-order valence-electron chi connectivity index (χ4n) is 7.61. The van der Waals surface area contributed by atoms with Gasteiger partial charge in [0, 0.05) is 5.41 Å². The highest BCUT2D eigenvalue weighted by Gasteiger charge is 2.35. The highest BCUT2D eigenvalue weighted by Crippen LogP contribution is 2.50. The molecule has 0 aliphatic heterocycles. The quantitative estimate of drug-likeness (QED) is 0.185. The molecule has 0 heterocycles. The summed E-state index contributed by atoms with van der Waals surface area (Å²) in [6.45, 7) is 4.74. The molecular weight excluding hydrogens is 540 g/mol. The van der Waals surface area contributed by atoms with Crippen LogP contribution in [0.25, 0.3) is 76.8 Å². The van der Waals surface area contributed by atoms with Crippen LogP contribution in [-0.4, -0.2) is 0 Å². The van der Waals surface area contributed by atoms with Gasteiger partial charge in [-0.25, -0.2) is 0 Å². The lowest BCUT2D eigenvalue weighted by Gasteiger charge is -2.22. The molecule has 45 heavy (non-hydrogen) atoms. The van der Waals surface area contributed by atoms with E-state index in [0.29, 0.717) is 0 Å². The summed E-state index contributed by atoms with van der Waals surface area (Å²) in [4.78, 5) is 0. The number of rotatable bonds is 3. The van der Waals surface area contributed by atoms with Gasteiger partial charge in [-0.1, -0.05) is 141 Å². The Morgan fingerprint density at radius 1 is 0.311 bits per heavy atom. The van der Waals surface area contributed by atoms with Crippen molar-refractivity contribution in [3.8, 4) is 44.5 Å². The third-order valence-electron chi connectivity index (χ3n) is 10.0. The van der Waals surface area contributed by atoms with Crippen LogP contribution in [0.15, 0.2) is 158 Å².